The molecule has 1 heterocycles. The standard InChI is InChI=1S/C16H19N3O6/c1-8-14(9(2)25-19-8)18-16(21)10-5-11(22-3)15(12(6-10)23-4)24-7-13(17)20/h5-6H,7H2,1-4H3,(H2,17,20)(H,18,21). The molecule has 0 radical (unpaired) electrons. The molecule has 2 amide bonds. The fraction of sp³-hybridized carbons (Fsp3) is 0.312. The Morgan fingerprint density at radius 2 is 1.80 bits per heavy atom. The Labute approximate surface area is 144 Å². The Bertz CT molecular complexity index is 755. The molecule has 0 bridgehead atoms. The van der Waals surface area contributed by atoms with Crippen molar-refractivity contribution in [2.75, 3.05) is 26.1 Å². The molecule has 134 valence electrons. The minimum Gasteiger partial charge on any atom is -0.493 e. The number of rotatable bonds is 7. The summed E-state index contributed by atoms with van der Waals surface area (Å²) in [5, 5.41) is 6.51. The molecule has 2 rings (SSSR count). The number of benzene rings is 1. The molecule has 3 N–H and O–H groups in total. The van der Waals surface area contributed by atoms with Gasteiger partial charge in [0, 0.05) is 5.56 Å². The minimum atomic E-state index is -0.649. The molecule has 25 heavy (non-hydrogen) atoms. The van der Waals surface area contributed by atoms with Gasteiger partial charge in [-0.3, -0.25) is 9.59 Å². The molecule has 1 aromatic carbocycles. The fourth-order valence-electron chi connectivity index (χ4n) is 2.14. The highest BCUT2D eigenvalue weighted by Gasteiger charge is 2.20. The van der Waals surface area contributed by atoms with Crippen LogP contribution in [0.4, 0.5) is 5.69 Å². The van der Waals surface area contributed by atoms with Crippen LogP contribution in [0.1, 0.15) is 21.8 Å². The number of nitrogens with zero attached hydrogens (tertiary/aromatic N) is 1. The van der Waals surface area contributed by atoms with Crippen LogP contribution in [-0.2, 0) is 4.79 Å². The average molecular weight is 349 g/mol. The average Bonchev–Trinajstić information content (AvgIpc) is 2.90. The zero-order chi connectivity index (χ0) is 18.6. The van der Waals surface area contributed by atoms with Crippen molar-refractivity contribution < 1.29 is 28.3 Å². The summed E-state index contributed by atoms with van der Waals surface area (Å²) >= 11 is 0. The minimum absolute atomic E-state index is 0.178. The quantitative estimate of drug-likeness (QED) is 0.774. The van der Waals surface area contributed by atoms with Crippen LogP contribution in [0.15, 0.2) is 16.7 Å². The maximum Gasteiger partial charge on any atom is 0.256 e. The van der Waals surface area contributed by atoms with Crippen LogP contribution in [0.5, 0.6) is 17.2 Å². The Hall–Kier alpha value is -3.23. The second-order valence-corrected chi connectivity index (χ2v) is 5.12. The highest BCUT2D eigenvalue weighted by molar-refractivity contribution is 6.05. The number of primary amides is 1. The van der Waals surface area contributed by atoms with E-state index in [2.05, 4.69) is 10.5 Å². The van der Waals surface area contributed by atoms with Crippen LogP contribution in [0, 0.1) is 13.8 Å². The van der Waals surface area contributed by atoms with Crippen molar-refractivity contribution in [1.82, 2.24) is 5.16 Å². The summed E-state index contributed by atoms with van der Waals surface area (Å²) in [6.45, 7) is 3.06. The van der Waals surface area contributed by atoms with Crippen LogP contribution in [0.25, 0.3) is 0 Å². The van der Waals surface area contributed by atoms with Gasteiger partial charge >= 0.3 is 0 Å². The van der Waals surface area contributed by atoms with Gasteiger partial charge in [-0.15, -0.1) is 0 Å². The van der Waals surface area contributed by atoms with Crippen LogP contribution in [0.3, 0.4) is 0 Å². The third kappa shape index (κ3) is 4.00. The topological polar surface area (TPSA) is 126 Å². The van der Waals surface area contributed by atoms with Crippen molar-refractivity contribution in [3.63, 3.8) is 0 Å². The van der Waals surface area contributed by atoms with Gasteiger partial charge in [0.15, 0.2) is 23.9 Å². The number of hydrogen-bond acceptors (Lipinski definition) is 7. The van der Waals surface area contributed by atoms with Gasteiger partial charge in [-0.05, 0) is 26.0 Å². The number of ether oxygens (including phenoxy) is 3. The fourth-order valence-corrected chi connectivity index (χ4v) is 2.14. The molecule has 0 atom stereocenters. The SMILES string of the molecule is COc1cc(C(=O)Nc2c(C)noc2C)cc(OC)c1OCC(N)=O. The summed E-state index contributed by atoms with van der Waals surface area (Å²) in [4.78, 5) is 23.4. The van der Waals surface area contributed by atoms with E-state index in [4.69, 9.17) is 24.5 Å². The lowest BCUT2D eigenvalue weighted by atomic mass is 10.1. The Kier molecular flexibility index (Phi) is 5.48. The molecule has 1 aromatic heterocycles. The van der Waals surface area contributed by atoms with Crippen molar-refractivity contribution in [3.05, 3.63) is 29.2 Å². The van der Waals surface area contributed by atoms with Gasteiger partial charge in [0.25, 0.3) is 11.8 Å². The predicted octanol–water partition coefficient (Wildman–Crippen LogP) is 1.43. The van der Waals surface area contributed by atoms with E-state index in [9.17, 15) is 9.59 Å². The first-order valence-electron chi connectivity index (χ1n) is 7.28. The lowest BCUT2D eigenvalue weighted by molar-refractivity contribution is -0.120. The van der Waals surface area contributed by atoms with E-state index >= 15 is 0 Å². The van der Waals surface area contributed by atoms with Crippen molar-refractivity contribution in [3.8, 4) is 17.2 Å². The van der Waals surface area contributed by atoms with Crippen molar-refractivity contribution in [2.24, 2.45) is 5.73 Å². The van der Waals surface area contributed by atoms with Crippen molar-refractivity contribution >= 4 is 17.5 Å². The molecule has 0 aliphatic carbocycles. The van der Waals surface area contributed by atoms with Crippen LogP contribution >= 0.6 is 0 Å². The summed E-state index contributed by atoms with van der Waals surface area (Å²) in [6.07, 6.45) is 0. The summed E-state index contributed by atoms with van der Waals surface area (Å²) in [7, 11) is 2.81. The van der Waals surface area contributed by atoms with Crippen LogP contribution in [-0.4, -0.2) is 37.8 Å². The molecule has 0 saturated carbocycles. The van der Waals surface area contributed by atoms with Gasteiger partial charge in [0.1, 0.15) is 11.4 Å². The Morgan fingerprint density at radius 3 is 2.24 bits per heavy atom. The van der Waals surface area contributed by atoms with Crippen molar-refractivity contribution in [2.45, 2.75) is 13.8 Å². The summed E-state index contributed by atoms with van der Waals surface area (Å²) < 4.78 is 20.8. The zero-order valence-corrected chi connectivity index (χ0v) is 14.3. The number of carbonyl (C=O) groups is 2. The number of aromatic nitrogens is 1. The third-order valence-electron chi connectivity index (χ3n) is 3.35. The van der Waals surface area contributed by atoms with E-state index in [1.807, 2.05) is 0 Å². The van der Waals surface area contributed by atoms with E-state index in [1.165, 1.54) is 26.4 Å². The second kappa shape index (κ2) is 7.56. The molecule has 2 aromatic rings. The van der Waals surface area contributed by atoms with E-state index in [0.29, 0.717) is 17.1 Å². The lowest BCUT2D eigenvalue weighted by Gasteiger charge is -2.15. The van der Waals surface area contributed by atoms with Gasteiger partial charge in [0.2, 0.25) is 5.75 Å². The molecule has 0 aliphatic heterocycles. The molecular formula is C16H19N3O6. The highest BCUT2D eigenvalue weighted by atomic mass is 16.5. The molecule has 9 nitrogen and oxygen atoms in total. The molecule has 9 heteroatoms. The molecular weight excluding hydrogens is 330 g/mol. The van der Waals surface area contributed by atoms with E-state index < -0.39 is 11.8 Å². The highest BCUT2D eigenvalue weighted by Crippen LogP contribution is 2.38. The number of amides is 2. The predicted molar refractivity (Wildman–Crippen MR) is 88.2 cm³/mol. The molecule has 0 unspecified atom stereocenters. The number of anilines is 1. The van der Waals surface area contributed by atoms with E-state index in [1.54, 1.807) is 13.8 Å². The molecule has 0 spiro atoms. The number of carbonyl (C=O) groups excluding carboxylic acids is 2. The lowest BCUT2D eigenvalue weighted by Crippen LogP contribution is -2.20. The van der Waals surface area contributed by atoms with Gasteiger partial charge in [0.05, 0.1) is 14.2 Å². The normalized spacial score (nSPS) is 10.2. The van der Waals surface area contributed by atoms with E-state index in [-0.39, 0.29) is 29.4 Å². The first-order chi connectivity index (χ1) is 11.9. The summed E-state index contributed by atoms with van der Waals surface area (Å²) in [5.41, 5.74) is 6.40. The molecule has 0 aliphatic rings. The number of methoxy groups -OCH3 is 2. The number of nitrogens with two attached hydrogens (primary N) is 1. The van der Waals surface area contributed by atoms with Crippen molar-refractivity contribution in [1.29, 1.82) is 0 Å². The van der Waals surface area contributed by atoms with Gasteiger partial charge in [-0.25, -0.2) is 0 Å². The van der Waals surface area contributed by atoms with E-state index in [0.717, 1.165) is 0 Å². The maximum absolute atomic E-state index is 12.5. The second-order valence-electron chi connectivity index (χ2n) is 5.12. The number of hydrogen-bond donors (Lipinski definition) is 2. The Morgan fingerprint density at radius 1 is 1.20 bits per heavy atom. The van der Waals surface area contributed by atoms with Gasteiger partial charge in [-0.2, -0.15) is 0 Å². The first-order valence-corrected chi connectivity index (χ1v) is 7.28. The van der Waals surface area contributed by atoms with Crippen LogP contribution in [0.2, 0.25) is 0 Å². The smallest absolute Gasteiger partial charge is 0.256 e. The number of aryl methyl sites for hydroxylation is 2. The first kappa shape index (κ1) is 18.1. The zero-order valence-electron chi connectivity index (χ0n) is 14.3. The maximum atomic E-state index is 12.5. The monoisotopic (exact) mass is 349 g/mol. The van der Waals surface area contributed by atoms with Gasteiger partial charge < -0.3 is 29.8 Å². The molecule has 0 fully saturated rings. The van der Waals surface area contributed by atoms with Gasteiger partial charge in [-0.1, -0.05) is 5.16 Å². The third-order valence-corrected chi connectivity index (χ3v) is 3.35. The Balaban J connectivity index is 2.35. The summed E-state index contributed by atoms with van der Waals surface area (Å²) in [5.74, 6) is 0.0645. The van der Waals surface area contributed by atoms with Crippen LogP contribution < -0.4 is 25.3 Å². The number of nitrogens with one attached hydrogen (secondary N) is 1. The molecule has 0 saturated heterocycles. The largest absolute Gasteiger partial charge is 0.493 e. The summed E-state index contributed by atoms with van der Waals surface area (Å²) in [6, 6.07) is 2.93.